The second-order valence-corrected chi connectivity index (χ2v) is 4.26. The van der Waals surface area contributed by atoms with E-state index in [0.717, 1.165) is 0 Å². The third kappa shape index (κ3) is 3.07. The van der Waals surface area contributed by atoms with Crippen molar-refractivity contribution in [1.82, 2.24) is 0 Å². The Morgan fingerprint density at radius 1 is 1.25 bits per heavy atom. The van der Waals surface area contributed by atoms with Gasteiger partial charge in [0.15, 0.2) is 6.10 Å². The van der Waals surface area contributed by atoms with Crippen LogP contribution < -0.4 is 15.8 Å². The number of aliphatic hydroxyl groups excluding tert-OH is 1. The van der Waals surface area contributed by atoms with Gasteiger partial charge in [0.25, 0.3) is 5.91 Å². The first-order valence-corrected chi connectivity index (χ1v) is 6.09. The maximum absolute atomic E-state index is 11.9. The van der Waals surface area contributed by atoms with Crippen molar-refractivity contribution in [2.24, 2.45) is 0 Å². The number of amides is 1. The number of benzene rings is 2. The Morgan fingerprint density at radius 3 is 2.55 bits per heavy atom. The topological polar surface area (TPSA) is 84.6 Å². The number of anilines is 2. The van der Waals surface area contributed by atoms with Crippen molar-refractivity contribution in [3.8, 4) is 5.75 Å². The third-order valence-corrected chi connectivity index (χ3v) is 2.86. The predicted octanol–water partition coefficient (Wildman–Crippen LogP) is 1.95. The zero-order valence-corrected chi connectivity index (χ0v) is 11.0. The summed E-state index contributed by atoms with van der Waals surface area (Å²) in [7, 11) is 1.52. The Kier molecular flexibility index (Phi) is 4.22. The maximum atomic E-state index is 11.9. The molecule has 0 spiro atoms. The first-order chi connectivity index (χ1) is 9.61. The van der Waals surface area contributed by atoms with Gasteiger partial charge in [-0.3, -0.25) is 4.79 Å². The zero-order valence-electron chi connectivity index (χ0n) is 11.0. The van der Waals surface area contributed by atoms with Gasteiger partial charge in [-0.2, -0.15) is 0 Å². The quantitative estimate of drug-likeness (QED) is 0.743. The second kappa shape index (κ2) is 6.08. The van der Waals surface area contributed by atoms with Gasteiger partial charge in [-0.05, 0) is 23.8 Å². The summed E-state index contributed by atoms with van der Waals surface area (Å²) in [6.07, 6.45) is -1.22. The van der Waals surface area contributed by atoms with Crippen molar-refractivity contribution in [1.29, 1.82) is 0 Å². The molecule has 2 aromatic rings. The van der Waals surface area contributed by atoms with Gasteiger partial charge in [-0.25, -0.2) is 0 Å². The summed E-state index contributed by atoms with van der Waals surface area (Å²) in [5, 5.41) is 12.6. The van der Waals surface area contributed by atoms with Crippen molar-refractivity contribution < 1.29 is 14.6 Å². The lowest BCUT2D eigenvalue weighted by Gasteiger charge is -2.13. The number of carbonyl (C=O) groups is 1. The van der Waals surface area contributed by atoms with Gasteiger partial charge in [0.05, 0.1) is 12.8 Å². The van der Waals surface area contributed by atoms with E-state index in [0.29, 0.717) is 22.7 Å². The minimum Gasteiger partial charge on any atom is -0.495 e. The van der Waals surface area contributed by atoms with Crippen LogP contribution in [0.15, 0.2) is 48.5 Å². The summed E-state index contributed by atoms with van der Waals surface area (Å²) in [5.41, 5.74) is 7.21. The van der Waals surface area contributed by atoms with Gasteiger partial charge in [0.1, 0.15) is 5.75 Å². The molecule has 4 N–H and O–H groups in total. The first kappa shape index (κ1) is 13.9. The fourth-order valence-electron chi connectivity index (χ4n) is 1.81. The van der Waals surface area contributed by atoms with Crippen LogP contribution in [0, 0.1) is 0 Å². The summed E-state index contributed by atoms with van der Waals surface area (Å²) in [5.74, 6) is 0.0207. The van der Waals surface area contributed by atoms with E-state index in [-0.39, 0.29) is 0 Å². The molecule has 0 aliphatic rings. The molecule has 0 saturated carbocycles. The number of aliphatic hydroxyl groups is 1. The van der Waals surface area contributed by atoms with Crippen molar-refractivity contribution in [2.45, 2.75) is 6.10 Å². The summed E-state index contributed by atoms with van der Waals surface area (Å²) in [6, 6.07) is 13.6. The molecule has 5 heteroatoms. The molecule has 1 unspecified atom stereocenters. The molecule has 1 amide bonds. The highest BCUT2D eigenvalue weighted by molar-refractivity contribution is 5.95. The molecule has 0 fully saturated rings. The SMILES string of the molecule is COc1ccc(NC(=O)C(O)c2ccccc2)cc1N. The number of hydrogen-bond acceptors (Lipinski definition) is 4. The smallest absolute Gasteiger partial charge is 0.257 e. The zero-order chi connectivity index (χ0) is 14.5. The first-order valence-electron chi connectivity index (χ1n) is 6.09. The van der Waals surface area contributed by atoms with Gasteiger partial charge in [0, 0.05) is 5.69 Å². The van der Waals surface area contributed by atoms with Crippen molar-refractivity contribution in [3.05, 3.63) is 54.1 Å². The van der Waals surface area contributed by atoms with E-state index in [2.05, 4.69) is 5.32 Å². The number of hydrogen-bond donors (Lipinski definition) is 3. The van der Waals surface area contributed by atoms with Gasteiger partial charge < -0.3 is 20.9 Å². The van der Waals surface area contributed by atoms with Crippen molar-refractivity contribution in [2.75, 3.05) is 18.2 Å². The molecule has 0 aliphatic carbocycles. The standard InChI is InChI=1S/C15H16N2O3/c1-20-13-8-7-11(9-12(13)16)17-15(19)14(18)10-5-3-2-4-6-10/h2-9,14,18H,16H2,1H3,(H,17,19). The molecule has 0 radical (unpaired) electrons. The minimum atomic E-state index is -1.22. The Bertz CT molecular complexity index is 599. The Morgan fingerprint density at radius 2 is 1.95 bits per heavy atom. The van der Waals surface area contributed by atoms with E-state index in [9.17, 15) is 9.90 Å². The molecule has 2 rings (SSSR count). The number of carbonyl (C=O) groups excluding carboxylic acids is 1. The van der Waals surface area contributed by atoms with E-state index in [4.69, 9.17) is 10.5 Å². The van der Waals surface area contributed by atoms with Gasteiger partial charge in [0.2, 0.25) is 0 Å². The summed E-state index contributed by atoms with van der Waals surface area (Å²) >= 11 is 0. The average molecular weight is 272 g/mol. The molecule has 5 nitrogen and oxygen atoms in total. The molecule has 1 atom stereocenters. The highest BCUT2D eigenvalue weighted by atomic mass is 16.5. The average Bonchev–Trinajstić information content (AvgIpc) is 2.47. The van der Waals surface area contributed by atoms with Crippen LogP contribution in [0.5, 0.6) is 5.75 Å². The van der Waals surface area contributed by atoms with Gasteiger partial charge in [-0.15, -0.1) is 0 Å². The normalized spacial score (nSPS) is 11.7. The largest absolute Gasteiger partial charge is 0.495 e. The van der Waals surface area contributed by atoms with E-state index < -0.39 is 12.0 Å². The number of ether oxygens (including phenoxy) is 1. The van der Waals surface area contributed by atoms with Crippen LogP contribution in [0.3, 0.4) is 0 Å². The van der Waals surface area contributed by atoms with Crippen LogP contribution >= 0.6 is 0 Å². The number of rotatable bonds is 4. The molecule has 0 aromatic heterocycles. The summed E-state index contributed by atoms with van der Waals surface area (Å²) < 4.78 is 5.03. The molecule has 0 saturated heterocycles. The number of methoxy groups -OCH3 is 1. The minimum absolute atomic E-state index is 0.416. The fourth-order valence-corrected chi connectivity index (χ4v) is 1.81. The van der Waals surface area contributed by atoms with E-state index >= 15 is 0 Å². The lowest BCUT2D eigenvalue weighted by Crippen LogP contribution is -2.20. The van der Waals surface area contributed by atoms with Crippen LogP contribution in [-0.4, -0.2) is 18.1 Å². The molecular formula is C15H16N2O3. The van der Waals surface area contributed by atoms with Crippen LogP contribution in [0.2, 0.25) is 0 Å². The molecule has 0 aliphatic heterocycles. The van der Waals surface area contributed by atoms with Crippen LogP contribution in [0.4, 0.5) is 11.4 Å². The summed E-state index contributed by atoms with van der Waals surface area (Å²) in [6.45, 7) is 0. The van der Waals surface area contributed by atoms with Crippen LogP contribution in [0.25, 0.3) is 0 Å². The van der Waals surface area contributed by atoms with E-state index in [1.807, 2.05) is 6.07 Å². The lowest BCUT2D eigenvalue weighted by molar-refractivity contribution is -0.124. The highest BCUT2D eigenvalue weighted by Gasteiger charge is 2.17. The lowest BCUT2D eigenvalue weighted by atomic mass is 10.1. The highest BCUT2D eigenvalue weighted by Crippen LogP contribution is 2.25. The number of nitrogen functional groups attached to an aromatic ring is 1. The molecular weight excluding hydrogens is 256 g/mol. The molecule has 0 bridgehead atoms. The van der Waals surface area contributed by atoms with Crippen LogP contribution in [0.1, 0.15) is 11.7 Å². The van der Waals surface area contributed by atoms with Crippen molar-refractivity contribution >= 4 is 17.3 Å². The third-order valence-electron chi connectivity index (χ3n) is 2.86. The Balaban J connectivity index is 2.10. The molecule has 2 aromatic carbocycles. The molecule has 20 heavy (non-hydrogen) atoms. The maximum Gasteiger partial charge on any atom is 0.257 e. The molecule has 0 heterocycles. The van der Waals surface area contributed by atoms with Crippen LogP contribution in [-0.2, 0) is 4.79 Å². The fraction of sp³-hybridized carbons (Fsp3) is 0.133. The predicted molar refractivity (Wildman–Crippen MR) is 77.4 cm³/mol. The molecule has 104 valence electrons. The summed E-state index contributed by atoms with van der Waals surface area (Å²) in [4.78, 5) is 11.9. The van der Waals surface area contributed by atoms with Crippen molar-refractivity contribution in [3.63, 3.8) is 0 Å². The number of nitrogens with one attached hydrogen (secondary N) is 1. The Hall–Kier alpha value is -2.53. The number of nitrogens with two attached hydrogens (primary N) is 1. The monoisotopic (exact) mass is 272 g/mol. The van der Waals surface area contributed by atoms with Gasteiger partial charge >= 0.3 is 0 Å². The Labute approximate surface area is 117 Å². The van der Waals surface area contributed by atoms with E-state index in [1.165, 1.54) is 7.11 Å². The second-order valence-electron chi connectivity index (χ2n) is 4.26. The van der Waals surface area contributed by atoms with E-state index in [1.54, 1.807) is 42.5 Å². The van der Waals surface area contributed by atoms with Gasteiger partial charge in [-0.1, -0.05) is 30.3 Å².